The molecule has 0 spiro atoms. The topological polar surface area (TPSA) is 81.9 Å². The third-order valence-corrected chi connectivity index (χ3v) is 5.67. The Hall–Kier alpha value is -2.65. The summed E-state index contributed by atoms with van der Waals surface area (Å²) in [5.41, 5.74) is 0.884. The smallest absolute Gasteiger partial charge is 0.239 e. The molecule has 0 aliphatic carbocycles. The molecular formula is C19H21N5O2S2. The van der Waals surface area contributed by atoms with Crippen LogP contribution in [0.15, 0.2) is 53.5 Å². The van der Waals surface area contributed by atoms with Gasteiger partial charge in [0.15, 0.2) is 16.1 Å². The highest BCUT2D eigenvalue weighted by molar-refractivity contribution is 8.00. The van der Waals surface area contributed by atoms with Crippen LogP contribution in [0.5, 0.6) is 5.75 Å². The number of hydrogen-bond donors (Lipinski definition) is 1. The molecule has 2 aromatic heterocycles. The van der Waals surface area contributed by atoms with E-state index in [0.717, 1.165) is 11.4 Å². The summed E-state index contributed by atoms with van der Waals surface area (Å²) in [6, 6.07) is 9.53. The molecule has 0 saturated carbocycles. The summed E-state index contributed by atoms with van der Waals surface area (Å²) in [6.45, 7) is 8.33. The third kappa shape index (κ3) is 5.20. The Morgan fingerprint density at radius 3 is 2.86 bits per heavy atom. The van der Waals surface area contributed by atoms with E-state index in [9.17, 15) is 4.79 Å². The van der Waals surface area contributed by atoms with Crippen LogP contribution in [0.1, 0.15) is 18.4 Å². The molecule has 0 radical (unpaired) electrons. The van der Waals surface area contributed by atoms with Crippen LogP contribution in [0.2, 0.25) is 0 Å². The fourth-order valence-electron chi connectivity index (χ4n) is 2.32. The zero-order valence-corrected chi connectivity index (χ0v) is 17.3. The lowest BCUT2D eigenvalue weighted by molar-refractivity contribution is -0.115. The van der Waals surface area contributed by atoms with Crippen molar-refractivity contribution in [2.75, 3.05) is 5.32 Å². The molecule has 9 heteroatoms. The Kier molecular flexibility index (Phi) is 6.83. The second kappa shape index (κ2) is 9.52. The minimum Gasteiger partial charge on any atom is -0.486 e. The van der Waals surface area contributed by atoms with Crippen LogP contribution in [0.25, 0.3) is 0 Å². The van der Waals surface area contributed by atoms with Crippen LogP contribution in [0, 0.1) is 6.92 Å². The van der Waals surface area contributed by atoms with Crippen molar-refractivity contribution in [3.63, 3.8) is 0 Å². The molecular weight excluding hydrogens is 394 g/mol. The molecule has 0 aliphatic heterocycles. The molecule has 146 valence electrons. The Labute approximate surface area is 171 Å². The number of allylic oxidation sites excluding steroid dienone is 1. The lowest BCUT2D eigenvalue weighted by atomic mass is 10.3. The Bertz CT molecular complexity index is 939. The number of nitrogens with one attached hydrogen (secondary N) is 1. The molecule has 0 saturated heterocycles. The summed E-state index contributed by atoms with van der Waals surface area (Å²) in [6.07, 6.45) is 1.77. The van der Waals surface area contributed by atoms with E-state index < -0.39 is 0 Å². The predicted octanol–water partition coefficient (Wildman–Crippen LogP) is 3.93. The van der Waals surface area contributed by atoms with E-state index in [4.69, 9.17) is 4.74 Å². The number of hydrogen-bond acceptors (Lipinski definition) is 7. The first-order valence-corrected chi connectivity index (χ1v) is 10.4. The molecule has 0 bridgehead atoms. The Balaban J connectivity index is 1.66. The molecule has 1 amide bonds. The number of carbonyl (C=O) groups is 1. The van der Waals surface area contributed by atoms with Gasteiger partial charge in [0.1, 0.15) is 12.4 Å². The summed E-state index contributed by atoms with van der Waals surface area (Å²) in [5, 5.41) is 14.1. The van der Waals surface area contributed by atoms with Crippen molar-refractivity contribution in [2.45, 2.75) is 37.4 Å². The largest absolute Gasteiger partial charge is 0.486 e. The molecule has 0 unspecified atom stereocenters. The first-order chi connectivity index (χ1) is 13.6. The Morgan fingerprint density at radius 2 is 2.18 bits per heavy atom. The average molecular weight is 416 g/mol. The van der Waals surface area contributed by atoms with Gasteiger partial charge in [0.2, 0.25) is 5.91 Å². The van der Waals surface area contributed by atoms with Gasteiger partial charge in [-0.15, -0.1) is 28.1 Å². The number of rotatable bonds is 9. The van der Waals surface area contributed by atoms with E-state index in [1.165, 1.54) is 23.1 Å². The zero-order valence-electron chi connectivity index (χ0n) is 15.7. The molecule has 1 aromatic carbocycles. The van der Waals surface area contributed by atoms with E-state index in [-0.39, 0.29) is 17.8 Å². The van der Waals surface area contributed by atoms with Crippen molar-refractivity contribution < 1.29 is 9.53 Å². The number of aromatic nitrogens is 4. The van der Waals surface area contributed by atoms with Gasteiger partial charge in [-0.1, -0.05) is 36.0 Å². The first-order valence-electron chi connectivity index (χ1n) is 8.67. The lowest BCUT2D eigenvalue weighted by Crippen LogP contribution is -2.23. The summed E-state index contributed by atoms with van der Waals surface area (Å²) in [4.78, 5) is 16.7. The number of ether oxygens (including phenoxy) is 1. The number of benzene rings is 1. The van der Waals surface area contributed by atoms with Crippen molar-refractivity contribution >= 4 is 34.1 Å². The quantitative estimate of drug-likeness (QED) is 0.421. The SMILES string of the molecule is C=CCn1c(COc2ccccc2)nnc1S[C@H](C)C(=O)Nc1nc(C)cs1. The highest BCUT2D eigenvalue weighted by atomic mass is 32.2. The lowest BCUT2D eigenvalue weighted by Gasteiger charge is -2.12. The fourth-order valence-corrected chi connectivity index (χ4v) is 3.89. The molecule has 3 rings (SSSR count). The summed E-state index contributed by atoms with van der Waals surface area (Å²) in [5.74, 6) is 1.31. The fraction of sp³-hybridized carbons (Fsp3) is 0.263. The van der Waals surface area contributed by atoms with Gasteiger partial charge in [-0.25, -0.2) is 4.98 Å². The minimum atomic E-state index is -0.361. The van der Waals surface area contributed by atoms with Crippen LogP contribution >= 0.6 is 23.1 Å². The van der Waals surface area contributed by atoms with E-state index in [1.54, 1.807) is 6.08 Å². The van der Waals surface area contributed by atoms with Gasteiger partial charge in [-0.3, -0.25) is 9.36 Å². The molecule has 28 heavy (non-hydrogen) atoms. The van der Waals surface area contributed by atoms with E-state index in [1.807, 2.05) is 54.1 Å². The van der Waals surface area contributed by atoms with Gasteiger partial charge < -0.3 is 10.1 Å². The maximum atomic E-state index is 12.4. The maximum absolute atomic E-state index is 12.4. The minimum absolute atomic E-state index is 0.130. The monoisotopic (exact) mass is 415 g/mol. The van der Waals surface area contributed by atoms with Gasteiger partial charge in [-0.2, -0.15) is 0 Å². The van der Waals surface area contributed by atoms with Crippen LogP contribution in [-0.4, -0.2) is 30.9 Å². The number of amides is 1. The predicted molar refractivity (Wildman–Crippen MR) is 112 cm³/mol. The van der Waals surface area contributed by atoms with Gasteiger partial charge in [0.25, 0.3) is 0 Å². The number of aryl methyl sites for hydroxylation is 1. The Morgan fingerprint density at radius 1 is 1.39 bits per heavy atom. The van der Waals surface area contributed by atoms with E-state index >= 15 is 0 Å². The van der Waals surface area contributed by atoms with Crippen molar-refractivity contribution in [1.82, 2.24) is 19.7 Å². The summed E-state index contributed by atoms with van der Waals surface area (Å²) in [7, 11) is 0. The van der Waals surface area contributed by atoms with Crippen molar-refractivity contribution in [2.24, 2.45) is 0 Å². The second-order valence-electron chi connectivity index (χ2n) is 5.94. The number of anilines is 1. The summed E-state index contributed by atoms with van der Waals surface area (Å²) < 4.78 is 7.67. The van der Waals surface area contributed by atoms with Crippen LogP contribution < -0.4 is 10.1 Å². The van der Waals surface area contributed by atoms with E-state index in [2.05, 4.69) is 27.1 Å². The van der Waals surface area contributed by atoms with Gasteiger partial charge in [0, 0.05) is 11.9 Å². The molecule has 3 aromatic rings. The number of nitrogens with zero attached hydrogens (tertiary/aromatic N) is 4. The van der Waals surface area contributed by atoms with Crippen molar-refractivity contribution in [1.29, 1.82) is 0 Å². The second-order valence-corrected chi connectivity index (χ2v) is 8.11. The highest BCUT2D eigenvalue weighted by Gasteiger charge is 2.21. The van der Waals surface area contributed by atoms with Gasteiger partial charge in [-0.05, 0) is 26.0 Å². The van der Waals surface area contributed by atoms with Crippen LogP contribution in [-0.2, 0) is 17.9 Å². The molecule has 7 nitrogen and oxygen atoms in total. The standard InChI is InChI=1S/C19H21N5O2S2/c1-4-10-24-16(11-26-15-8-6-5-7-9-15)22-23-19(24)28-14(3)17(25)21-18-20-13(2)12-27-18/h4-9,12,14H,1,10-11H2,2-3H3,(H,20,21,25)/t14-/m1/s1. The average Bonchev–Trinajstić information content (AvgIpc) is 3.27. The first kappa shape index (κ1) is 20.1. The molecule has 0 fully saturated rings. The number of thioether (sulfide) groups is 1. The summed E-state index contributed by atoms with van der Waals surface area (Å²) >= 11 is 2.74. The maximum Gasteiger partial charge on any atom is 0.239 e. The molecule has 1 atom stereocenters. The van der Waals surface area contributed by atoms with Crippen molar-refractivity contribution in [3.05, 3.63) is 59.9 Å². The van der Waals surface area contributed by atoms with Gasteiger partial charge in [0.05, 0.1) is 10.9 Å². The third-order valence-electron chi connectivity index (χ3n) is 3.72. The van der Waals surface area contributed by atoms with Crippen LogP contribution in [0.4, 0.5) is 5.13 Å². The molecule has 0 aliphatic rings. The molecule has 2 heterocycles. The molecule has 1 N–H and O–H groups in total. The normalized spacial score (nSPS) is 11.8. The van der Waals surface area contributed by atoms with Crippen molar-refractivity contribution in [3.8, 4) is 5.75 Å². The number of para-hydroxylation sites is 1. The number of thiazole rings is 1. The zero-order chi connectivity index (χ0) is 19.9. The van der Waals surface area contributed by atoms with Gasteiger partial charge >= 0.3 is 0 Å². The highest BCUT2D eigenvalue weighted by Crippen LogP contribution is 2.25. The van der Waals surface area contributed by atoms with Crippen LogP contribution in [0.3, 0.4) is 0 Å². The number of carbonyl (C=O) groups excluding carboxylic acids is 1. The van der Waals surface area contributed by atoms with E-state index in [0.29, 0.717) is 22.7 Å².